The van der Waals surface area contributed by atoms with Gasteiger partial charge in [-0.3, -0.25) is 4.79 Å². The van der Waals surface area contributed by atoms with E-state index in [1.165, 1.54) is 27.8 Å². The van der Waals surface area contributed by atoms with Crippen LogP contribution in [0, 0.1) is 5.92 Å². The molecule has 2 bridgehead atoms. The van der Waals surface area contributed by atoms with Crippen molar-refractivity contribution >= 4 is 5.91 Å². The summed E-state index contributed by atoms with van der Waals surface area (Å²) >= 11 is 0. The molecular formula is C25H23NO. The molecule has 3 aliphatic rings. The van der Waals surface area contributed by atoms with Crippen molar-refractivity contribution in [1.29, 1.82) is 0 Å². The summed E-state index contributed by atoms with van der Waals surface area (Å²) < 4.78 is 0. The number of hydrogen-bond acceptors (Lipinski definition) is 1. The maximum atomic E-state index is 13.1. The zero-order chi connectivity index (χ0) is 18.2. The molecule has 134 valence electrons. The summed E-state index contributed by atoms with van der Waals surface area (Å²) in [6, 6.07) is 27.7. The van der Waals surface area contributed by atoms with Crippen LogP contribution in [0.2, 0.25) is 0 Å². The van der Waals surface area contributed by atoms with Gasteiger partial charge in [0.15, 0.2) is 0 Å². The van der Waals surface area contributed by atoms with Crippen LogP contribution in [0.1, 0.15) is 46.1 Å². The van der Waals surface area contributed by atoms with Gasteiger partial charge in [0.05, 0.1) is 0 Å². The van der Waals surface area contributed by atoms with Crippen LogP contribution in [0.25, 0.3) is 0 Å². The molecular weight excluding hydrogens is 330 g/mol. The van der Waals surface area contributed by atoms with Crippen LogP contribution < -0.4 is 5.32 Å². The predicted octanol–water partition coefficient (Wildman–Crippen LogP) is 4.64. The molecule has 0 saturated carbocycles. The van der Waals surface area contributed by atoms with E-state index in [9.17, 15) is 4.79 Å². The third-order valence-corrected chi connectivity index (χ3v) is 6.20. The average molecular weight is 353 g/mol. The minimum atomic E-state index is 0.0237. The molecule has 0 fully saturated rings. The van der Waals surface area contributed by atoms with Crippen LogP contribution in [0.3, 0.4) is 0 Å². The van der Waals surface area contributed by atoms with Gasteiger partial charge in [-0.1, -0.05) is 78.9 Å². The third kappa shape index (κ3) is 2.76. The smallest absolute Gasteiger partial charge is 0.224 e. The fourth-order valence-electron chi connectivity index (χ4n) is 5.00. The zero-order valence-electron chi connectivity index (χ0n) is 15.3. The molecule has 2 nitrogen and oxygen atoms in total. The number of nitrogens with one attached hydrogen (secondary N) is 1. The first-order chi connectivity index (χ1) is 13.3. The Balaban J connectivity index is 1.39. The average Bonchev–Trinajstić information content (AvgIpc) is 2.74. The Bertz CT molecular complexity index is 931. The first-order valence-electron chi connectivity index (χ1n) is 9.82. The van der Waals surface area contributed by atoms with E-state index in [0.29, 0.717) is 12.5 Å². The summed E-state index contributed by atoms with van der Waals surface area (Å²) in [6.45, 7) is 0.694. The Morgan fingerprint density at radius 2 is 1.33 bits per heavy atom. The van der Waals surface area contributed by atoms with Crippen molar-refractivity contribution in [2.45, 2.75) is 24.7 Å². The Labute approximate surface area is 160 Å². The molecule has 0 spiro atoms. The Kier molecular flexibility index (Phi) is 4.05. The van der Waals surface area contributed by atoms with Gasteiger partial charge in [0.25, 0.3) is 0 Å². The maximum absolute atomic E-state index is 13.1. The van der Waals surface area contributed by atoms with Crippen LogP contribution in [0.15, 0.2) is 78.9 Å². The lowest BCUT2D eigenvalue weighted by atomic mass is 9.59. The van der Waals surface area contributed by atoms with Crippen molar-refractivity contribution in [3.63, 3.8) is 0 Å². The molecule has 1 N–H and O–H groups in total. The van der Waals surface area contributed by atoms with E-state index in [2.05, 4.69) is 66.0 Å². The predicted molar refractivity (Wildman–Crippen MR) is 108 cm³/mol. The Morgan fingerprint density at radius 1 is 0.778 bits per heavy atom. The molecule has 0 heterocycles. The number of carbonyl (C=O) groups excluding carboxylic acids is 1. The number of rotatable bonds is 4. The Morgan fingerprint density at radius 3 is 1.96 bits per heavy atom. The van der Waals surface area contributed by atoms with Crippen molar-refractivity contribution in [2.24, 2.45) is 5.92 Å². The molecule has 1 amide bonds. The SMILES string of the molecule is O=C(NCCc1ccccc1)[C@H]1CC2c3ccccc3C1c1ccccc12. The lowest BCUT2D eigenvalue weighted by Crippen LogP contribution is -2.42. The third-order valence-electron chi connectivity index (χ3n) is 6.20. The highest BCUT2D eigenvalue weighted by molar-refractivity contribution is 5.82. The topological polar surface area (TPSA) is 29.1 Å². The summed E-state index contributed by atoms with van der Waals surface area (Å²) in [7, 11) is 0. The lowest BCUT2D eigenvalue weighted by Gasteiger charge is -2.44. The molecule has 2 heteroatoms. The molecule has 0 unspecified atom stereocenters. The fraction of sp³-hybridized carbons (Fsp3) is 0.240. The van der Waals surface area contributed by atoms with E-state index in [0.717, 1.165) is 12.8 Å². The first-order valence-corrected chi connectivity index (χ1v) is 9.82. The van der Waals surface area contributed by atoms with Gasteiger partial charge >= 0.3 is 0 Å². The number of benzene rings is 3. The van der Waals surface area contributed by atoms with Gasteiger partial charge in [-0.25, -0.2) is 0 Å². The second-order valence-electron chi connectivity index (χ2n) is 7.66. The van der Waals surface area contributed by atoms with Crippen molar-refractivity contribution in [3.05, 3.63) is 107 Å². The van der Waals surface area contributed by atoms with Gasteiger partial charge in [-0.05, 0) is 40.7 Å². The second kappa shape index (κ2) is 6.70. The highest BCUT2D eigenvalue weighted by Crippen LogP contribution is 2.55. The number of hydrogen-bond donors (Lipinski definition) is 1. The molecule has 3 aromatic carbocycles. The first kappa shape index (κ1) is 16.3. The molecule has 0 aliphatic heterocycles. The van der Waals surface area contributed by atoms with E-state index in [4.69, 9.17) is 0 Å². The van der Waals surface area contributed by atoms with Crippen molar-refractivity contribution in [3.8, 4) is 0 Å². The minimum Gasteiger partial charge on any atom is -0.356 e. The molecule has 27 heavy (non-hydrogen) atoms. The normalized spacial score (nSPS) is 22.0. The van der Waals surface area contributed by atoms with E-state index in [-0.39, 0.29) is 17.7 Å². The van der Waals surface area contributed by atoms with Crippen molar-refractivity contribution in [1.82, 2.24) is 5.32 Å². The molecule has 3 aliphatic carbocycles. The summed E-state index contributed by atoms with van der Waals surface area (Å²) in [6.07, 6.45) is 1.79. The molecule has 3 aromatic rings. The molecule has 1 atom stereocenters. The van der Waals surface area contributed by atoms with E-state index in [1.807, 2.05) is 18.2 Å². The largest absolute Gasteiger partial charge is 0.356 e. The highest BCUT2D eigenvalue weighted by Gasteiger charge is 2.45. The quantitative estimate of drug-likeness (QED) is 0.727. The molecule has 6 rings (SSSR count). The molecule has 0 aromatic heterocycles. The van der Waals surface area contributed by atoms with Crippen LogP contribution >= 0.6 is 0 Å². The van der Waals surface area contributed by atoms with Crippen LogP contribution in [0.5, 0.6) is 0 Å². The molecule has 0 radical (unpaired) electrons. The van der Waals surface area contributed by atoms with E-state index >= 15 is 0 Å². The van der Waals surface area contributed by atoms with Crippen molar-refractivity contribution < 1.29 is 4.79 Å². The van der Waals surface area contributed by atoms with Gasteiger partial charge in [0, 0.05) is 24.3 Å². The number of carbonyl (C=O) groups is 1. The van der Waals surface area contributed by atoms with Crippen LogP contribution in [0.4, 0.5) is 0 Å². The zero-order valence-corrected chi connectivity index (χ0v) is 15.3. The molecule has 0 saturated heterocycles. The highest BCUT2D eigenvalue weighted by atomic mass is 16.1. The maximum Gasteiger partial charge on any atom is 0.224 e. The fourth-order valence-corrected chi connectivity index (χ4v) is 5.00. The summed E-state index contributed by atoms with van der Waals surface area (Å²) in [5, 5.41) is 3.21. The summed E-state index contributed by atoms with van der Waals surface area (Å²) in [5.74, 6) is 0.743. The lowest BCUT2D eigenvalue weighted by molar-refractivity contribution is -0.126. The summed E-state index contributed by atoms with van der Waals surface area (Å²) in [5.41, 5.74) is 6.77. The minimum absolute atomic E-state index is 0.0237. The van der Waals surface area contributed by atoms with Gasteiger partial charge in [-0.2, -0.15) is 0 Å². The van der Waals surface area contributed by atoms with Crippen LogP contribution in [-0.4, -0.2) is 12.5 Å². The van der Waals surface area contributed by atoms with Gasteiger partial charge in [0.1, 0.15) is 0 Å². The standard InChI is InChI=1S/C25H23NO/c27-25(26-15-14-17-8-2-1-3-9-17)23-16-22-18-10-4-6-12-20(18)24(23)21-13-7-5-11-19(21)22/h1-13,22-24H,14-16H2,(H,26,27)/t22?,23-,24?/m0/s1. The Hall–Kier alpha value is -2.87. The van der Waals surface area contributed by atoms with E-state index in [1.54, 1.807) is 0 Å². The number of amides is 1. The van der Waals surface area contributed by atoms with Crippen LogP contribution in [-0.2, 0) is 11.2 Å². The van der Waals surface area contributed by atoms with E-state index < -0.39 is 0 Å². The van der Waals surface area contributed by atoms with Gasteiger partial charge in [0.2, 0.25) is 5.91 Å². The summed E-state index contributed by atoms with van der Waals surface area (Å²) in [4.78, 5) is 13.1. The van der Waals surface area contributed by atoms with Crippen molar-refractivity contribution in [2.75, 3.05) is 6.54 Å². The second-order valence-corrected chi connectivity index (χ2v) is 7.66. The number of fused-ring (bicyclic) bond motifs is 1. The van der Waals surface area contributed by atoms with Gasteiger partial charge < -0.3 is 5.32 Å². The monoisotopic (exact) mass is 353 g/mol. The van der Waals surface area contributed by atoms with Gasteiger partial charge in [-0.15, -0.1) is 0 Å².